The molecule has 0 spiro atoms. The van der Waals surface area contributed by atoms with Gasteiger partial charge in [0.25, 0.3) is 0 Å². The molecule has 0 amide bonds. The van der Waals surface area contributed by atoms with Crippen LogP contribution in [0.25, 0.3) is 12.2 Å². The average molecular weight is 507 g/mol. The Morgan fingerprint density at radius 2 is 1.47 bits per heavy atom. The number of hydrogen-bond donors (Lipinski definition) is 0. The lowest BCUT2D eigenvalue weighted by atomic mass is 9.96. The van der Waals surface area contributed by atoms with Gasteiger partial charge in [0, 0.05) is 32.3 Å². The predicted molar refractivity (Wildman–Crippen MR) is 148 cm³/mol. The van der Waals surface area contributed by atoms with Gasteiger partial charge in [-0.1, -0.05) is 66.7 Å². The second-order valence-corrected chi connectivity index (χ2v) is 9.01. The van der Waals surface area contributed by atoms with Crippen LogP contribution in [0.1, 0.15) is 34.3 Å². The number of ether oxygens (including phenoxy) is 2. The van der Waals surface area contributed by atoms with E-state index >= 15 is 0 Å². The quantitative estimate of drug-likeness (QED) is 0.306. The molecule has 38 heavy (non-hydrogen) atoms. The van der Waals surface area contributed by atoms with Crippen LogP contribution in [0.3, 0.4) is 0 Å². The molecule has 5 rings (SSSR count). The number of nitriles is 1. The first kappa shape index (κ1) is 25.1. The van der Waals surface area contributed by atoms with E-state index in [0.717, 1.165) is 31.7 Å². The van der Waals surface area contributed by atoms with E-state index < -0.39 is 0 Å². The third-order valence-electron chi connectivity index (χ3n) is 6.75. The van der Waals surface area contributed by atoms with Gasteiger partial charge in [0.1, 0.15) is 6.07 Å². The molecule has 1 aliphatic rings. The summed E-state index contributed by atoms with van der Waals surface area (Å²) in [5.41, 5.74) is 3.75. The minimum Gasteiger partial charge on any atom is -0.493 e. The molecule has 0 saturated carbocycles. The Hall–Kier alpha value is -4.54. The molecule has 0 N–H and O–H groups in total. The van der Waals surface area contributed by atoms with Gasteiger partial charge >= 0.3 is 0 Å². The van der Waals surface area contributed by atoms with Crippen LogP contribution in [0.2, 0.25) is 0 Å². The Bertz CT molecular complexity index is 1380. The first-order chi connectivity index (χ1) is 18.7. The van der Waals surface area contributed by atoms with E-state index in [2.05, 4.69) is 69.4 Å². The molecule has 1 aliphatic heterocycles. The van der Waals surface area contributed by atoms with Crippen LogP contribution in [0.4, 0.5) is 5.88 Å². The second kappa shape index (κ2) is 11.7. The van der Waals surface area contributed by atoms with Crippen LogP contribution < -0.4 is 14.4 Å². The highest BCUT2D eigenvalue weighted by Gasteiger charge is 2.29. The number of hydrogen-bond acceptors (Lipinski definition) is 7. The lowest BCUT2D eigenvalue weighted by Gasteiger charge is -2.39. The van der Waals surface area contributed by atoms with E-state index in [1.165, 1.54) is 11.1 Å². The summed E-state index contributed by atoms with van der Waals surface area (Å²) in [6.45, 7) is 3.13. The first-order valence-electron chi connectivity index (χ1n) is 12.6. The Morgan fingerprint density at radius 3 is 2.05 bits per heavy atom. The van der Waals surface area contributed by atoms with Crippen molar-refractivity contribution in [1.29, 1.82) is 5.26 Å². The van der Waals surface area contributed by atoms with E-state index in [4.69, 9.17) is 13.9 Å². The zero-order chi connectivity index (χ0) is 26.3. The number of rotatable bonds is 8. The van der Waals surface area contributed by atoms with E-state index in [1.807, 2.05) is 36.4 Å². The maximum absolute atomic E-state index is 9.75. The summed E-state index contributed by atoms with van der Waals surface area (Å²) in [4.78, 5) is 9.02. The monoisotopic (exact) mass is 506 g/mol. The average Bonchev–Trinajstić information content (AvgIpc) is 3.41. The van der Waals surface area contributed by atoms with Gasteiger partial charge in [0.05, 0.1) is 20.3 Å². The zero-order valence-corrected chi connectivity index (χ0v) is 21.6. The number of piperazine rings is 1. The molecule has 192 valence electrons. The summed E-state index contributed by atoms with van der Waals surface area (Å²) >= 11 is 0. The Labute approximate surface area is 223 Å². The number of aromatic nitrogens is 1. The number of methoxy groups -OCH3 is 2. The Kier molecular flexibility index (Phi) is 7.72. The number of benzene rings is 3. The predicted octanol–water partition coefficient (Wildman–Crippen LogP) is 5.65. The van der Waals surface area contributed by atoms with Crippen LogP contribution in [0.15, 0.2) is 83.3 Å². The number of nitrogens with zero attached hydrogens (tertiary/aromatic N) is 4. The fraction of sp³-hybridized carbons (Fsp3) is 0.226. The van der Waals surface area contributed by atoms with Crippen molar-refractivity contribution in [2.24, 2.45) is 0 Å². The Balaban J connectivity index is 1.32. The molecule has 0 aliphatic carbocycles. The van der Waals surface area contributed by atoms with Crippen molar-refractivity contribution >= 4 is 18.0 Å². The minimum absolute atomic E-state index is 0.171. The first-order valence-corrected chi connectivity index (χ1v) is 12.6. The third-order valence-corrected chi connectivity index (χ3v) is 6.75. The largest absolute Gasteiger partial charge is 0.493 e. The summed E-state index contributed by atoms with van der Waals surface area (Å²) in [7, 11) is 3.21. The van der Waals surface area contributed by atoms with E-state index in [1.54, 1.807) is 20.3 Å². The van der Waals surface area contributed by atoms with Crippen molar-refractivity contribution in [3.63, 3.8) is 0 Å². The fourth-order valence-electron chi connectivity index (χ4n) is 4.88. The molecule has 0 radical (unpaired) electrons. The van der Waals surface area contributed by atoms with Crippen molar-refractivity contribution in [2.45, 2.75) is 6.04 Å². The molecule has 0 bridgehead atoms. The number of oxazole rings is 1. The molecule has 7 nitrogen and oxygen atoms in total. The molecular formula is C31H30N4O3. The van der Waals surface area contributed by atoms with Crippen LogP contribution in [-0.4, -0.2) is 50.3 Å². The minimum atomic E-state index is 0.171. The van der Waals surface area contributed by atoms with Gasteiger partial charge < -0.3 is 18.8 Å². The molecule has 0 unspecified atom stereocenters. The maximum atomic E-state index is 9.75. The lowest BCUT2D eigenvalue weighted by Crippen LogP contribution is -2.48. The molecule has 1 aromatic heterocycles. The van der Waals surface area contributed by atoms with Gasteiger partial charge in [0.15, 0.2) is 11.5 Å². The maximum Gasteiger partial charge on any atom is 0.235 e. The van der Waals surface area contributed by atoms with Gasteiger partial charge in [-0.2, -0.15) is 10.2 Å². The van der Waals surface area contributed by atoms with Crippen molar-refractivity contribution in [3.05, 3.63) is 107 Å². The van der Waals surface area contributed by atoms with Crippen molar-refractivity contribution in [3.8, 4) is 17.6 Å². The van der Waals surface area contributed by atoms with E-state index in [-0.39, 0.29) is 6.04 Å². The summed E-state index contributed by atoms with van der Waals surface area (Å²) in [6, 6.07) is 29.2. The Morgan fingerprint density at radius 1 is 0.842 bits per heavy atom. The molecule has 7 heteroatoms. The smallest absolute Gasteiger partial charge is 0.235 e. The summed E-state index contributed by atoms with van der Waals surface area (Å²) in [6.07, 6.45) is 3.64. The summed E-state index contributed by atoms with van der Waals surface area (Å²) < 4.78 is 16.7. The van der Waals surface area contributed by atoms with Crippen LogP contribution >= 0.6 is 0 Å². The van der Waals surface area contributed by atoms with Crippen LogP contribution in [-0.2, 0) is 0 Å². The highest BCUT2D eigenvalue weighted by atomic mass is 16.5. The van der Waals surface area contributed by atoms with Crippen molar-refractivity contribution < 1.29 is 13.9 Å². The van der Waals surface area contributed by atoms with E-state index in [0.29, 0.717) is 29.0 Å². The normalized spacial score (nSPS) is 14.1. The summed E-state index contributed by atoms with van der Waals surface area (Å²) in [5.74, 6) is 2.22. The standard InChI is InChI=1S/C31H30N4O3/c1-36-27-15-13-23(21-28(27)37-2)14-16-29-33-26(22-32)31(38-29)35-19-17-34(18-20-35)30(24-9-5-3-6-10-24)25-11-7-4-8-12-25/h3-16,21,30H,17-20H2,1-2H3. The molecular weight excluding hydrogens is 476 g/mol. The van der Waals surface area contributed by atoms with Crippen LogP contribution in [0.5, 0.6) is 11.5 Å². The van der Waals surface area contributed by atoms with E-state index in [9.17, 15) is 5.26 Å². The molecule has 1 fully saturated rings. The topological polar surface area (TPSA) is 74.8 Å². The molecule has 4 aromatic rings. The van der Waals surface area contributed by atoms with Crippen molar-refractivity contribution in [1.82, 2.24) is 9.88 Å². The zero-order valence-electron chi connectivity index (χ0n) is 21.6. The summed E-state index contributed by atoms with van der Waals surface area (Å²) in [5, 5.41) is 9.75. The second-order valence-electron chi connectivity index (χ2n) is 9.01. The van der Waals surface area contributed by atoms with Crippen molar-refractivity contribution in [2.75, 3.05) is 45.3 Å². The van der Waals surface area contributed by atoms with Gasteiger partial charge in [0.2, 0.25) is 17.5 Å². The molecule has 0 atom stereocenters. The van der Waals surface area contributed by atoms with Crippen LogP contribution in [0, 0.1) is 11.3 Å². The van der Waals surface area contributed by atoms with Gasteiger partial charge in [-0.05, 0) is 34.9 Å². The SMILES string of the molecule is COc1ccc(C=Cc2nc(C#N)c(N3CCN(C(c4ccccc4)c4ccccc4)CC3)o2)cc1OC. The lowest BCUT2D eigenvalue weighted by molar-refractivity contribution is 0.209. The molecule has 3 aromatic carbocycles. The van der Waals surface area contributed by atoms with Gasteiger partial charge in [-0.3, -0.25) is 4.90 Å². The van der Waals surface area contributed by atoms with Gasteiger partial charge in [-0.15, -0.1) is 0 Å². The third kappa shape index (κ3) is 5.41. The fourth-order valence-corrected chi connectivity index (χ4v) is 4.88. The highest BCUT2D eigenvalue weighted by molar-refractivity contribution is 5.69. The molecule has 2 heterocycles. The number of anilines is 1. The highest BCUT2D eigenvalue weighted by Crippen LogP contribution is 2.32. The van der Waals surface area contributed by atoms with Gasteiger partial charge in [-0.25, -0.2) is 0 Å². The molecule has 1 saturated heterocycles.